The van der Waals surface area contributed by atoms with Crippen molar-refractivity contribution in [3.63, 3.8) is 0 Å². The zero-order chi connectivity index (χ0) is 12.3. The molecule has 2 heterocycles. The van der Waals surface area contributed by atoms with E-state index in [1.54, 1.807) is 0 Å². The van der Waals surface area contributed by atoms with Gasteiger partial charge in [0.1, 0.15) is 0 Å². The summed E-state index contributed by atoms with van der Waals surface area (Å²) in [6.45, 7) is 11.9. The number of ether oxygens (including phenoxy) is 3. The molecule has 0 aliphatic carbocycles. The highest BCUT2D eigenvalue weighted by atomic mass is 16.7. The summed E-state index contributed by atoms with van der Waals surface area (Å²) >= 11 is 0. The van der Waals surface area contributed by atoms with Gasteiger partial charge in [0.25, 0.3) is 0 Å². The molecule has 0 amide bonds. The third kappa shape index (κ3) is 3.91. The van der Waals surface area contributed by atoms with Crippen molar-refractivity contribution < 1.29 is 14.2 Å². The SMILES string of the molecule is CC(C)CC1(C)OCC(CN2CCOCC2)O1. The fourth-order valence-corrected chi connectivity index (χ4v) is 2.70. The third-order valence-electron chi connectivity index (χ3n) is 3.34. The Morgan fingerprint density at radius 1 is 1.29 bits per heavy atom. The summed E-state index contributed by atoms with van der Waals surface area (Å²) in [4.78, 5) is 2.40. The lowest BCUT2D eigenvalue weighted by Gasteiger charge is -2.29. The fourth-order valence-electron chi connectivity index (χ4n) is 2.70. The van der Waals surface area contributed by atoms with Crippen LogP contribution in [0.5, 0.6) is 0 Å². The van der Waals surface area contributed by atoms with Crippen molar-refractivity contribution in [1.29, 1.82) is 0 Å². The van der Waals surface area contributed by atoms with Crippen LogP contribution in [0.2, 0.25) is 0 Å². The maximum Gasteiger partial charge on any atom is 0.166 e. The van der Waals surface area contributed by atoms with Crippen molar-refractivity contribution >= 4 is 0 Å². The quantitative estimate of drug-likeness (QED) is 0.748. The molecule has 17 heavy (non-hydrogen) atoms. The Kier molecular flexibility index (Phi) is 4.42. The van der Waals surface area contributed by atoms with Gasteiger partial charge in [0, 0.05) is 26.1 Å². The van der Waals surface area contributed by atoms with E-state index in [0.717, 1.165) is 45.9 Å². The molecule has 2 aliphatic rings. The average Bonchev–Trinajstić information content (AvgIpc) is 2.60. The number of hydrogen-bond donors (Lipinski definition) is 0. The first-order valence-electron chi connectivity index (χ1n) is 6.69. The Morgan fingerprint density at radius 2 is 2.00 bits per heavy atom. The summed E-state index contributed by atoms with van der Waals surface area (Å²) in [7, 11) is 0. The minimum absolute atomic E-state index is 0.219. The topological polar surface area (TPSA) is 30.9 Å². The summed E-state index contributed by atoms with van der Waals surface area (Å²) in [5, 5.41) is 0. The van der Waals surface area contributed by atoms with Crippen molar-refractivity contribution in [2.45, 2.75) is 39.1 Å². The van der Waals surface area contributed by atoms with Gasteiger partial charge in [-0.05, 0) is 12.8 Å². The van der Waals surface area contributed by atoms with E-state index in [1.165, 1.54) is 0 Å². The molecule has 2 rings (SSSR count). The van der Waals surface area contributed by atoms with Crippen LogP contribution in [-0.2, 0) is 14.2 Å². The number of nitrogens with zero attached hydrogens (tertiary/aromatic N) is 1. The van der Waals surface area contributed by atoms with Gasteiger partial charge in [0.2, 0.25) is 0 Å². The molecule has 0 aromatic rings. The van der Waals surface area contributed by atoms with Gasteiger partial charge in [0.05, 0.1) is 25.9 Å². The molecule has 2 fully saturated rings. The smallest absolute Gasteiger partial charge is 0.166 e. The molecular formula is C13H25NO3. The van der Waals surface area contributed by atoms with Gasteiger partial charge in [-0.15, -0.1) is 0 Å². The predicted molar refractivity (Wildman–Crippen MR) is 65.9 cm³/mol. The van der Waals surface area contributed by atoms with Gasteiger partial charge < -0.3 is 14.2 Å². The maximum absolute atomic E-state index is 6.06. The van der Waals surface area contributed by atoms with Crippen LogP contribution in [0.3, 0.4) is 0 Å². The lowest BCUT2D eigenvalue weighted by molar-refractivity contribution is -0.166. The van der Waals surface area contributed by atoms with Crippen molar-refractivity contribution in [2.75, 3.05) is 39.5 Å². The summed E-state index contributed by atoms with van der Waals surface area (Å²) in [6, 6.07) is 0. The second-order valence-corrected chi connectivity index (χ2v) is 5.70. The van der Waals surface area contributed by atoms with Gasteiger partial charge in [-0.1, -0.05) is 13.8 Å². The predicted octanol–water partition coefficient (Wildman–Crippen LogP) is 1.50. The second-order valence-electron chi connectivity index (χ2n) is 5.70. The molecule has 0 spiro atoms. The van der Waals surface area contributed by atoms with Gasteiger partial charge in [-0.2, -0.15) is 0 Å². The van der Waals surface area contributed by atoms with Gasteiger partial charge in [-0.25, -0.2) is 0 Å². The highest BCUT2D eigenvalue weighted by Crippen LogP contribution is 2.30. The number of morpholine rings is 1. The largest absolute Gasteiger partial charge is 0.379 e. The Labute approximate surface area is 104 Å². The van der Waals surface area contributed by atoms with Gasteiger partial charge >= 0.3 is 0 Å². The van der Waals surface area contributed by atoms with Crippen LogP contribution < -0.4 is 0 Å². The maximum atomic E-state index is 6.06. The standard InChI is InChI=1S/C13H25NO3/c1-11(2)8-13(3)16-10-12(17-13)9-14-4-6-15-7-5-14/h11-12H,4-10H2,1-3H3. The van der Waals surface area contributed by atoms with Crippen LogP contribution in [0.4, 0.5) is 0 Å². The minimum atomic E-state index is -0.370. The molecule has 4 heteroatoms. The van der Waals surface area contributed by atoms with Crippen LogP contribution in [0.1, 0.15) is 27.2 Å². The molecule has 0 saturated carbocycles. The van der Waals surface area contributed by atoms with Crippen molar-refractivity contribution in [2.24, 2.45) is 5.92 Å². The highest BCUT2D eigenvalue weighted by molar-refractivity contribution is 4.79. The second kappa shape index (κ2) is 5.65. The first-order chi connectivity index (χ1) is 8.07. The Bertz CT molecular complexity index is 241. The minimum Gasteiger partial charge on any atom is -0.379 e. The highest BCUT2D eigenvalue weighted by Gasteiger charge is 2.38. The van der Waals surface area contributed by atoms with E-state index in [9.17, 15) is 0 Å². The van der Waals surface area contributed by atoms with Crippen molar-refractivity contribution in [3.05, 3.63) is 0 Å². The monoisotopic (exact) mass is 243 g/mol. The molecule has 2 aliphatic heterocycles. The molecule has 2 saturated heterocycles. The van der Waals surface area contributed by atoms with E-state index in [0.29, 0.717) is 5.92 Å². The molecular weight excluding hydrogens is 218 g/mol. The lowest BCUT2D eigenvalue weighted by Crippen LogP contribution is -2.42. The van der Waals surface area contributed by atoms with Crippen LogP contribution in [0.25, 0.3) is 0 Å². The van der Waals surface area contributed by atoms with E-state index in [2.05, 4.69) is 25.7 Å². The first kappa shape index (κ1) is 13.3. The van der Waals surface area contributed by atoms with Crippen LogP contribution in [-0.4, -0.2) is 56.2 Å². The van der Waals surface area contributed by atoms with Crippen LogP contribution in [0, 0.1) is 5.92 Å². The Hall–Kier alpha value is -0.160. The molecule has 0 radical (unpaired) electrons. The van der Waals surface area contributed by atoms with E-state index >= 15 is 0 Å². The number of rotatable bonds is 4. The Balaban J connectivity index is 1.76. The fraction of sp³-hybridized carbons (Fsp3) is 1.00. The zero-order valence-corrected chi connectivity index (χ0v) is 11.3. The van der Waals surface area contributed by atoms with Gasteiger partial charge in [0.15, 0.2) is 5.79 Å². The Morgan fingerprint density at radius 3 is 2.65 bits per heavy atom. The molecule has 0 bridgehead atoms. The van der Waals surface area contributed by atoms with Crippen LogP contribution >= 0.6 is 0 Å². The zero-order valence-electron chi connectivity index (χ0n) is 11.3. The van der Waals surface area contributed by atoms with E-state index in [1.807, 2.05) is 0 Å². The molecule has 100 valence electrons. The molecule has 4 nitrogen and oxygen atoms in total. The first-order valence-corrected chi connectivity index (χ1v) is 6.69. The molecule has 0 aromatic carbocycles. The summed E-state index contributed by atoms with van der Waals surface area (Å²) in [5.74, 6) is 0.229. The van der Waals surface area contributed by atoms with E-state index in [-0.39, 0.29) is 11.9 Å². The summed E-state index contributed by atoms with van der Waals surface area (Å²) < 4.78 is 17.2. The third-order valence-corrected chi connectivity index (χ3v) is 3.34. The van der Waals surface area contributed by atoms with Crippen molar-refractivity contribution in [3.8, 4) is 0 Å². The summed E-state index contributed by atoms with van der Waals surface area (Å²) in [5.41, 5.74) is 0. The number of hydrogen-bond acceptors (Lipinski definition) is 4. The molecule has 2 unspecified atom stereocenters. The van der Waals surface area contributed by atoms with Crippen LogP contribution in [0.15, 0.2) is 0 Å². The van der Waals surface area contributed by atoms with E-state index < -0.39 is 0 Å². The van der Waals surface area contributed by atoms with Crippen molar-refractivity contribution in [1.82, 2.24) is 4.90 Å². The van der Waals surface area contributed by atoms with E-state index in [4.69, 9.17) is 14.2 Å². The lowest BCUT2D eigenvalue weighted by atomic mass is 10.0. The molecule has 0 aromatic heterocycles. The normalized spacial score (nSPS) is 35.6. The van der Waals surface area contributed by atoms with Gasteiger partial charge in [-0.3, -0.25) is 4.90 Å². The molecule has 2 atom stereocenters. The average molecular weight is 243 g/mol. The molecule has 0 N–H and O–H groups in total. The summed E-state index contributed by atoms with van der Waals surface area (Å²) in [6.07, 6.45) is 1.18.